The highest BCUT2D eigenvalue weighted by atomic mass is 16.5. The average Bonchev–Trinajstić information content (AvgIpc) is 2.45. The van der Waals surface area contributed by atoms with Crippen molar-refractivity contribution < 1.29 is 14.7 Å². The fourth-order valence-electron chi connectivity index (χ4n) is 2.48. The molecule has 0 aliphatic carbocycles. The second-order valence-electron chi connectivity index (χ2n) is 5.59. The third kappa shape index (κ3) is 2.68. The van der Waals surface area contributed by atoms with Gasteiger partial charge >= 0.3 is 5.97 Å². The van der Waals surface area contributed by atoms with Crippen LogP contribution < -0.4 is 0 Å². The van der Waals surface area contributed by atoms with Crippen LogP contribution in [0.1, 0.15) is 44.7 Å². The Bertz CT molecular complexity index is 618. The summed E-state index contributed by atoms with van der Waals surface area (Å²) in [5.74, 6) is -0.474. The third-order valence-electron chi connectivity index (χ3n) is 3.94. The van der Waals surface area contributed by atoms with E-state index in [4.69, 9.17) is 4.74 Å². The van der Waals surface area contributed by atoms with Crippen LogP contribution in [0.25, 0.3) is 0 Å². The second-order valence-corrected chi connectivity index (χ2v) is 5.59. The Morgan fingerprint density at radius 2 is 2.10 bits per heavy atom. The van der Waals surface area contributed by atoms with Crippen LogP contribution in [0.15, 0.2) is 34.4 Å². The quantitative estimate of drug-likeness (QED) is 0.402. The van der Waals surface area contributed by atoms with Gasteiger partial charge in [0.2, 0.25) is 5.71 Å². The van der Waals surface area contributed by atoms with E-state index in [0.717, 1.165) is 11.1 Å². The maximum atomic E-state index is 12.0. The van der Waals surface area contributed by atoms with E-state index < -0.39 is 11.5 Å². The molecule has 0 saturated heterocycles. The van der Waals surface area contributed by atoms with Crippen LogP contribution in [-0.2, 0) is 9.53 Å². The monoisotopic (exact) mass is 288 g/mol. The summed E-state index contributed by atoms with van der Waals surface area (Å²) >= 11 is 0. The molecular formula is C16H20N2O3. The molecule has 0 bridgehead atoms. The zero-order valence-electron chi connectivity index (χ0n) is 12.8. The van der Waals surface area contributed by atoms with Crippen LogP contribution in [0, 0.1) is 0 Å². The van der Waals surface area contributed by atoms with E-state index in [1.807, 2.05) is 38.1 Å². The summed E-state index contributed by atoms with van der Waals surface area (Å²) in [5.41, 5.74) is 1.73. The number of carbonyl (C=O) groups is 1. The average molecular weight is 288 g/mol. The van der Waals surface area contributed by atoms with Gasteiger partial charge in [0.05, 0.1) is 12.1 Å². The molecule has 1 aliphatic heterocycles. The summed E-state index contributed by atoms with van der Waals surface area (Å²) in [5, 5.41) is 12.4. The summed E-state index contributed by atoms with van der Waals surface area (Å²) < 4.78 is 4.95. The molecule has 0 amide bonds. The minimum atomic E-state index is -0.668. The first kappa shape index (κ1) is 15.2. The first-order chi connectivity index (χ1) is 9.92. The standard InChI is InChI=1S/C16H20N2O3/c1-5-21-15(19)14(18-20)13-12-9-7-6-8-11(12)10(2)16(3,4)17-13/h6-10,20H,5H2,1-4H3/b18-14+/t10-/m0/s1. The van der Waals surface area contributed by atoms with Gasteiger partial charge in [0.15, 0.2) is 0 Å². The number of carbonyl (C=O) groups excluding carboxylic acids is 1. The molecule has 0 unspecified atom stereocenters. The lowest BCUT2D eigenvalue weighted by Gasteiger charge is -2.35. The molecule has 0 saturated carbocycles. The largest absolute Gasteiger partial charge is 0.461 e. The Morgan fingerprint density at radius 3 is 2.71 bits per heavy atom. The number of esters is 1. The van der Waals surface area contributed by atoms with E-state index in [9.17, 15) is 10.0 Å². The van der Waals surface area contributed by atoms with E-state index in [0.29, 0.717) is 5.71 Å². The molecule has 0 fully saturated rings. The van der Waals surface area contributed by atoms with Gasteiger partial charge in [0.1, 0.15) is 5.71 Å². The van der Waals surface area contributed by atoms with Crippen molar-refractivity contribution in [2.75, 3.05) is 6.61 Å². The van der Waals surface area contributed by atoms with Crippen molar-refractivity contribution in [1.29, 1.82) is 0 Å². The molecule has 2 rings (SSSR count). The molecule has 112 valence electrons. The highest BCUT2D eigenvalue weighted by Gasteiger charge is 2.37. The lowest BCUT2D eigenvalue weighted by atomic mass is 9.77. The number of hydrogen-bond donors (Lipinski definition) is 1. The Labute approximate surface area is 124 Å². The number of nitrogens with zero attached hydrogens (tertiary/aromatic N) is 2. The van der Waals surface area contributed by atoms with Crippen LogP contribution in [0.4, 0.5) is 0 Å². The number of rotatable bonds is 3. The summed E-state index contributed by atoms with van der Waals surface area (Å²) in [4.78, 5) is 16.6. The Balaban J connectivity index is 2.58. The van der Waals surface area contributed by atoms with E-state index in [1.165, 1.54) is 0 Å². The van der Waals surface area contributed by atoms with E-state index >= 15 is 0 Å². The van der Waals surface area contributed by atoms with Gasteiger partial charge in [0.25, 0.3) is 0 Å². The van der Waals surface area contributed by atoms with Crippen molar-refractivity contribution in [3.05, 3.63) is 35.4 Å². The van der Waals surface area contributed by atoms with Crippen LogP contribution in [0.2, 0.25) is 0 Å². The molecule has 1 N–H and O–H groups in total. The zero-order valence-corrected chi connectivity index (χ0v) is 12.8. The fraction of sp³-hybridized carbons (Fsp3) is 0.438. The molecule has 5 nitrogen and oxygen atoms in total. The summed E-state index contributed by atoms with van der Waals surface area (Å²) in [6.07, 6.45) is 0. The SMILES string of the molecule is CCOC(=O)/C(=N/O)C1=NC(C)(C)[C@@H](C)c2ccccc21. The van der Waals surface area contributed by atoms with Gasteiger partial charge in [-0.25, -0.2) is 4.79 Å². The number of aliphatic imine (C=N–C) groups is 1. The second kappa shape index (κ2) is 5.68. The molecule has 1 heterocycles. The van der Waals surface area contributed by atoms with E-state index in [-0.39, 0.29) is 18.2 Å². The van der Waals surface area contributed by atoms with Crippen LogP contribution in [0.5, 0.6) is 0 Å². The van der Waals surface area contributed by atoms with Crippen LogP contribution >= 0.6 is 0 Å². The van der Waals surface area contributed by atoms with Gasteiger partial charge in [0, 0.05) is 11.5 Å². The van der Waals surface area contributed by atoms with Crippen molar-refractivity contribution in [3.63, 3.8) is 0 Å². The number of hydrogen-bond acceptors (Lipinski definition) is 5. The smallest absolute Gasteiger partial charge is 0.362 e. The van der Waals surface area contributed by atoms with Gasteiger partial charge in [-0.2, -0.15) is 0 Å². The predicted octanol–water partition coefficient (Wildman–Crippen LogP) is 2.76. The van der Waals surface area contributed by atoms with Crippen molar-refractivity contribution >= 4 is 17.4 Å². The maximum Gasteiger partial charge on any atom is 0.362 e. The van der Waals surface area contributed by atoms with Gasteiger partial charge in [-0.3, -0.25) is 4.99 Å². The van der Waals surface area contributed by atoms with Gasteiger partial charge in [-0.15, -0.1) is 0 Å². The first-order valence-electron chi connectivity index (χ1n) is 7.01. The molecule has 1 aromatic carbocycles. The third-order valence-corrected chi connectivity index (χ3v) is 3.94. The normalized spacial score (nSPS) is 20.5. The number of oxime groups is 1. The van der Waals surface area contributed by atoms with Crippen LogP contribution in [0.3, 0.4) is 0 Å². The Kier molecular flexibility index (Phi) is 4.11. The van der Waals surface area contributed by atoms with Crippen molar-refractivity contribution in [3.8, 4) is 0 Å². The molecule has 0 radical (unpaired) electrons. The highest BCUT2D eigenvalue weighted by molar-refractivity contribution is 6.69. The Morgan fingerprint density at radius 1 is 1.43 bits per heavy atom. The summed E-state index contributed by atoms with van der Waals surface area (Å²) in [6.45, 7) is 8.00. The van der Waals surface area contributed by atoms with E-state index in [2.05, 4.69) is 17.1 Å². The van der Waals surface area contributed by atoms with Crippen molar-refractivity contribution in [1.82, 2.24) is 0 Å². The molecule has 0 aromatic heterocycles. The number of fused-ring (bicyclic) bond motifs is 1. The van der Waals surface area contributed by atoms with Crippen molar-refractivity contribution in [2.45, 2.75) is 39.2 Å². The minimum Gasteiger partial charge on any atom is -0.461 e. The first-order valence-corrected chi connectivity index (χ1v) is 7.01. The fourth-order valence-corrected chi connectivity index (χ4v) is 2.48. The topological polar surface area (TPSA) is 71.2 Å². The number of ether oxygens (including phenoxy) is 1. The molecule has 21 heavy (non-hydrogen) atoms. The number of benzene rings is 1. The van der Waals surface area contributed by atoms with Crippen molar-refractivity contribution in [2.24, 2.45) is 10.1 Å². The summed E-state index contributed by atoms with van der Waals surface area (Å²) in [6, 6.07) is 7.72. The molecule has 5 heteroatoms. The lowest BCUT2D eigenvalue weighted by molar-refractivity contribution is -0.134. The summed E-state index contributed by atoms with van der Waals surface area (Å²) in [7, 11) is 0. The van der Waals surface area contributed by atoms with E-state index in [1.54, 1.807) is 6.92 Å². The molecule has 1 atom stereocenters. The van der Waals surface area contributed by atoms with Gasteiger partial charge in [-0.05, 0) is 26.3 Å². The molecule has 0 spiro atoms. The maximum absolute atomic E-state index is 12.0. The van der Waals surface area contributed by atoms with Gasteiger partial charge < -0.3 is 9.94 Å². The molecule has 1 aromatic rings. The lowest BCUT2D eigenvalue weighted by Crippen LogP contribution is -2.38. The molecular weight excluding hydrogens is 268 g/mol. The minimum absolute atomic E-state index is 0.149. The van der Waals surface area contributed by atoms with Gasteiger partial charge in [-0.1, -0.05) is 36.3 Å². The Hall–Kier alpha value is -2.17. The predicted molar refractivity (Wildman–Crippen MR) is 81.3 cm³/mol. The zero-order chi connectivity index (χ0) is 15.6. The van der Waals surface area contributed by atoms with Crippen LogP contribution in [-0.4, -0.2) is 34.7 Å². The highest BCUT2D eigenvalue weighted by Crippen LogP contribution is 2.37. The molecule has 1 aliphatic rings.